The van der Waals surface area contributed by atoms with Crippen LogP contribution in [-0.2, 0) is 10.8 Å². The van der Waals surface area contributed by atoms with Crippen LogP contribution in [0.4, 0.5) is 0 Å². The molecule has 0 saturated carbocycles. The maximum Gasteiger partial charge on any atom is 0.253 e. The Morgan fingerprint density at radius 3 is 2.54 bits per heavy atom. The number of rotatable bonds is 4. The third-order valence-electron chi connectivity index (χ3n) is 4.55. The molecule has 1 aliphatic heterocycles. The molecule has 2 aromatic rings. The zero-order valence-electron chi connectivity index (χ0n) is 13.8. The molecule has 0 radical (unpaired) electrons. The monoisotopic (exact) mass is 342 g/mol. The number of hydrogen-bond acceptors (Lipinski definition) is 3. The highest BCUT2D eigenvalue weighted by Crippen LogP contribution is 2.26. The molecule has 1 aliphatic rings. The molecule has 2 N–H and O–H groups in total. The van der Waals surface area contributed by atoms with Crippen molar-refractivity contribution in [2.75, 3.05) is 25.9 Å². The van der Waals surface area contributed by atoms with Gasteiger partial charge >= 0.3 is 0 Å². The Morgan fingerprint density at radius 2 is 1.92 bits per heavy atom. The molecule has 0 spiro atoms. The van der Waals surface area contributed by atoms with Crippen LogP contribution in [-0.4, -0.2) is 40.9 Å². The third-order valence-corrected chi connectivity index (χ3v) is 5.52. The summed E-state index contributed by atoms with van der Waals surface area (Å²) >= 11 is 0. The molecule has 2 atom stereocenters. The largest absolute Gasteiger partial charge is 0.338 e. The van der Waals surface area contributed by atoms with Gasteiger partial charge in [-0.1, -0.05) is 30.3 Å². The smallest absolute Gasteiger partial charge is 0.253 e. The number of benzene rings is 2. The van der Waals surface area contributed by atoms with Gasteiger partial charge in [0.1, 0.15) is 0 Å². The highest BCUT2D eigenvalue weighted by molar-refractivity contribution is 7.84. The molecule has 1 saturated heterocycles. The minimum Gasteiger partial charge on any atom is -0.338 e. The predicted molar refractivity (Wildman–Crippen MR) is 97.3 cm³/mol. The minimum atomic E-state index is -1.05. The van der Waals surface area contributed by atoms with E-state index in [1.807, 2.05) is 53.4 Å². The van der Waals surface area contributed by atoms with Gasteiger partial charge in [-0.05, 0) is 48.2 Å². The number of likely N-dealkylation sites (tertiary alicyclic amines) is 1. The first-order valence-corrected chi connectivity index (χ1v) is 9.68. The molecular formula is C19H22N2O2S. The Balaban J connectivity index is 1.82. The fourth-order valence-corrected chi connectivity index (χ4v) is 3.91. The molecular weight excluding hydrogens is 320 g/mol. The molecule has 0 aliphatic carbocycles. The summed E-state index contributed by atoms with van der Waals surface area (Å²) in [6.07, 6.45) is 2.66. The molecule has 24 heavy (non-hydrogen) atoms. The second-order valence-corrected chi connectivity index (χ2v) is 7.52. The standard InChI is InChI=1S/C19H22N2O2S/c1-24(23)18-5-3-2-4-17(18)15-6-8-16(9-7-15)19(22)21-11-10-14(12-20)13-21/h2-9,14H,10-13,20H2,1H3. The van der Waals surface area contributed by atoms with E-state index in [0.29, 0.717) is 18.0 Å². The van der Waals surface area contributed by atoms with Crippen molar-refractivity contribution in [2.24, 2.45) is 11.7 Å². The van der Waals surface area contributed by atoms with E-state index < -0.39 is 10.8 Å². The molecule has 0 aromatic heterocycles. The number of hydrogen-bond donors (Lipinski definition) is 1. The second kappa shape index (κ2) is 7.28. The molecule has 1 fully saturated rings. The van der Waals surface area contributed by atoms with Crippen LogP contribution in [0.2, 0.25) is 0 Å². The van der Waals surface area contributed by atoms with Crippen LogP contribution in [0.1, 0.15) is 16.8 Å². The predicted octanol–water partition coefficient (Wildman–Crippen LogP) is 2.51. The number of carbonyl (C=O) groups excluding carboxylic acids is 1. The van der Waals surface area contributed by atoms with Crippen LogP contribution in [0, 0.1) is 5.92 Å². The molecule has 5 heteroatoms. The van der Waals surface area contributed by atoms with Gasteiger partial charge in [-0.25, -0.2) is 0 Å². The first-order valence-electron chi connectivity index (χ1n) is 8.12. The van der Waals surface area contributed by atoms with Gasteiger partial charge in [0.15, 0.2) is 0 Å². The zero-order chi connectivity index (χ0) is 17.1. The van der Waals surface area contributed by atoms with Crippen molar-refractivity contribution < 1.29 is 9.00 Å². The highest BCUT2D eigenvalue weighted by Gasteiger charge is 2.25. The molecule has 2 aromatic carbocycles. The van der Waals surface area contributed by atoms with E-state index in [9.17, 15) is 9.00 Å². The fourth-order valence-electron chi connectivity index (χ4n) is 3.14. The average molecular weight is 342 g/mol. The molecule has 2 unspecified atom stereocenters. The fraction of sp³-hybridized carbons (Fsp3) is 0.316. The SMILES string of the molecule is CS(=O)c1ccccc1-c1ccc(C(=O)N2CCC(CN)C2)cc1. The van der Waals surface area contributed by atoms with E-state index in [1.54, 1.807) is 6.26 Å². The lowest BCUT2D eigenvalue weighted by Crippen LogP contribution is -2.29. The maximum absolute atomic E-state index is 12.6. The molecule has 1 amide bonds. The van der Waals surface area contributed by atoms with Gasteiger partial charge in [-0.15, -0.1) is 0 Å². The average Bonchev–Trinajstić information content (AvgIpc) is 3.10. The van der Waals surface area contributed by atoms with Gasteiger partial charge in [-0.3, -0.25) is 9.00 Å². The van der Waals surface area contributed by atoms with Gasteiger partial charge < -0.3 is 10.6 Å². The lowest BCUT2D eigenvalue weighted by atomic mass is 10.0. The van der Waals surface area contributed by atoms with E-state index in [2.05, 4.69) is 0 Å². The number of carbonyl (C=O) groups is 1. The zero-order valence-corrected chi connectivity index (χ0v) is 14.6. The van der Waals surface area contributed by atoms with Crippen LogP contribution >= 0.6 is 0 Å². The van der Waals surface area contributed by atoms with Crippen molar-refractivity contribution in [1.82, 2.24) is 4.90 Å². The number of nitrogens with zero attached hydrogens (tertiary/aromatic N) is 1. The third kappa shape index (κ3) is 3.42. The Bertz CT molecular complexity index is 758. The Labute approximate surface area is 145 Å². The van der Waals surface area contributed by atoms with Crippen LogP contribution < -0.4 is 5.73 Å². The van der Waals surface area contributed by atoms with E-state index in [0.717, 1.165) is 35.5 Å². The molecule has 4 nitrogen and oxygen atoms in total. The lowest BCUT2D eigenvalue weighted by Gasteiger charge is -2.16. The van der Waals surface area contributed by atoms with E-state index >= 15 is 0 Å². The second-order valence-electron chi connectivity index (χ2n) is 6.17. The van der Waals surface area contributed by atoms with Crippen LogP contribution in [0.15, 0.2) is 53.4 Å². The van der Waals surface area contributed by atoms with Gasteiger partial charge in [0.25, 0.3) is 5.91 Å². The summed E-state index contributed by atoms with van der Waals surface area (Å²) in [6, 6.07) is 15.2. The summed E-state index contributed by atoms with van der Waals surface area (Å²) in [5.41, 5.74) is 8.30. The lowest BCUT2D eigenvalue weighted by molar-refractivity contribution is 0.0787. The van der Waals surface area contributed by atoms with E-state index in [1.165, 1.54) is 0 Å². The summed E-state index contributed by atoms with van der Waals surface area (Å²) in [7, 11) is -1.05. The molecule has 126 valence electrons. The van der Waals surface area contributed by atoms with Crippen molar-refractivity contribution in [3.8, 4) is 11.1 Å². The molecule has 1 heterocycles. The number of nitrogens with two attached hydrogens (primary N) is 1. The van der Waals surface area contributed by atoms with Gasteiger partial charge in [-0.2, -0.15) is 0 Å². The van der Waals surface area contributed by atoms with Crippen molar-refractivity contribution in [1.29, 1.82) is 0 Å². The number of amides is 1. The minimum absolute atomic E-state index is 0.0600. The summed E-state index contributed by atoms with van der Waals surface area (Å²) in [5.74, 6) is 0.476. The highest BCUT2D eigenvalue weighted by atomic mass is 32.2. The van der Waals surface area contributed by atoms with E-state index in [4.69, 9.17) is 5.73 Å². The first kappa shape index (κ1) is 16.9. The maximum atomic E-state index is 12.6. The summed E-state index contributed by atoms with van der Waals surface area (Å²) in [5, 5.41) is 0. The van der Waals surface area contributed by atoms with Gasteiger partial charge in [0.05, 0.1) is 10.8 Å². The van der Waals surface area contributed by atoms with Gasteiger partial charge in [0, 0.05) is 29.8 Å². The summed E-state index contributed by atoms with van der Waals surface area (Å²) in [6.45, 7) is 2.16. The topological polar surface area (TPSA) is 63.4 Å². The van der Waals surface area contributed by atoms with Crippen LogP contribution in [0.3, 0.4) is 0 Å². The van der Waals surface area contributed by atoms with Crippen molar-refractivity contribution in [3.63, 3.8) is 0 Å². The van der Waals surface area contributed by atoms with Crippen molar-refractivity contribution >= 4 is 16.7 Å². The van der Waals surface area contributed by atoms with E-state index in [-0.39, 0.29) is 5.91 Å². The Hall–Kier alpha value is -1.98. The Kier molecular flexibility index (Phi) is 5.11. The molecule has 0 bridgehead atoms. The molecule has 3 rings (SSSR count). The van der Waals surface area contributed by atoms with Crippen LogP contribution in [0.25, 0.3) is 11.1 Å². The Morgan fingerprint density at radius 1 is 1.21 bits per heavy atom. The first-order chi connectivity index (χ1) is 11.6. The summed E-state index contributed by atoms with van der Waals surface area (Å²) < 4.78 is 11.9. The normalized spacial score (nSPS) is 18.6. The van der Waals surface area contributed by atoms with Crippen LogP contribution in [0.5, 0.6) is 0 Å². The van der Waals surface area contributed by atoms with Gasteiger partial charge in [0.2, 0.25) is 0 Å². The van der Waals surface area contributed by atoms with Crippen molar-refractivity contribution in [3.05, 3.63) is 54.1 Å². The summed E-state index contributed by atoms with van der Waals surface area (Å²) in [4.78, 5) is 15.3. The van der Waals surface area contributed by atoms with Crippen molar-refractivity contribution in [2.45, 2.75) is 11.3 Å². The quantitative estimate of drug-likeness (QED) is 0.928.